The van der Waals surface area contributed by atoms with Crippen molar-refractivity contribution in [1.29, 1.82) is 0 Å². The number of hydrogen-bond acceptors (Lipinski definition) is 2. The van der Waals surface area contributed by atoms with Gasteiger partial charge in [0.2, 0.25) is 0 Å². The molecule has 2 aliphatic rings. The Morgan fingerprint density at radius 3 is 2.76 bits per heavy atom. The molecule has 0 amide bonds. The first kappa shape index (κ1) is 15.3. The van der Waals surface area contributed by atoms with E-state index >= 15 is 0 Å². The maximum absolute atomic E-state index is 12.8. The number of benzene rings is 1. The fourth-order valence-corrected chi connectivity index (χ4v) is 4.54. The number of carbonyl (C=O) groups is 1. The Labute approximate surface area is 136 Å². The smallest absolute Gasteiger partial charge is 0.181 e. The third kappa shape index (κ3) is 2.99. The Morgan fingerprint density at radius 1 is 1.24 bits per heavy atom. The molecular formula is C17H21Cl2NO. The largest absolute Gasteiger partial charge is 0.292 e. The Kier molecular flexibility index (Phi) is 4.58. The van der Waals surface area contributed by atoms with E-state index in [0.717, 1.165) is 12.5 Å². The van der Waals surface area contributed by atoms with Gasteiger partial charge in [-0.05, 0) is 63.3 Å². The predicted octanol–water partition coefficient (Wildman–Crippen LogP) is 4.83. The number of hydrogen-bond donors (Lipinski definition) is 0. The molecule has 4 heteroatoms. The van der Waals surface area contributed by atoms with E-state index in [4.69, 9.17) is 23.2 Å². The van der Waals surface area contributed by atoms with Gasteiger partial charge < -0.3 is 0 Å². The van der Waals surface area contributed by atoms with Crippen molar-refractivity contribution < 1.29 is 4.79 Å². The summed E-state index contributed by atoms with van der Waals surface area (Å²) < 4.78 is 0. The molecule has 3 unspecified atom stereocenters. The number of ketones is 1. The molecule has 1 aliphatic carbocycles. The van der Waals surface area contributed by atoms with Crippen LogP contribution in [0.25, 0.3) is 0 Å². The van der Waals surface area contributed by atoms with Crippen LogP contribution in [-0.4, -0.2) is 29.3 Å². The standard InChI is InChI=1S/C17H21Cl2NO/c1-11(17(21)14-8-7-13(18)10-15(14)19)20-9-3-5-12-4-2-6-16(12)20/h7-8,10-12,16H,2-6,9H2,1H3. The third-order valence-electron chi connectivity index (χ3n) is 5.11. The van der Waals surface area contributed by atoms with Crippen LogP contribution in [0.15, 0.2) is 18.2 Å². The molecule has 2 nitrogen and oxygen atoms in total. The molecular weight excluding hydrogens is 305 g/mol. The van der Waals surface area contributed by atoms with E-state index in [0.29, 0.717) is 21.7 Å². The molecule has 1 saturated carbocycles. The summed E-state index contributed by atoms with van der Waals surface area (Å²) in [6, 6.07) is 5.62. The van der Waals surface area contributed by atoms with Crippen molar-refractivity contribution >= 4 is 29.0 Å². The fraction of sp³-hybridized carbons (Fsp3) is 0.588. The topological polar surface area (TPSA) is 20.3 Å². The quantitative estimate of drug-likeness (QED) is 0.742. The van der Waals surface area contributed by atoms with Gasteiger partial charge >= 0.3 is 0 Å². The second kappa shape index (κ2) is 6.28. The molecule has 0 bridgehead atoms. The maximum atomic E-state index is 12.8. The number of fused-ring (bicyclic) bond motifs is 1. The summed E-state index contributed by atoms with van der Waals surface area (Å²) in [7, 11) is 0. The van der Waals surface area contributed by atoms with Gasteiger partial charge in [0.15, 0.2) is 5.78 Å². The Bertz CT molecular complexity index is 546. The van der Waals surface area contributed by atoms with Crippen LogP contribution in [0.2, 0.25) is 10.0 Å². The molecule has 1 heterocycles. The average Bonchev–Trinajstić information content (AvgIpc) is 2.94. The van der Waals surface area contributed by atoms with Gasteiger partial charge in [0.25, 0.3) is 0 Å². The molecule has 1 aromatic carbocycles. The van der Waals surface area contributed by atoms with Crippen molar-refractivity contribution in [2.75, 3.05) is 6.54 Å². The zero-order valence-corrected chi connectivity index (χ0v) is 13.8. The van der Waals surface area contributed by atoms with Crippen molar-refractivity contribution in [3.05, 3.63) is 33.8 Å². The van der Waals surface area contributed by atoms with Crippen LogP contribution in [0.3, 0.4) is 0 Å². The van der Waals surface area contributed by atoms with E-state index in [1.165, 1.54) is 32.1 Å². The lowest BCUT2D eigenvalue weighted by molar-refractivity contribution is 0.0565. The van der Waals surface area contributed by atoms with Crippen LogP contribution in [0.4, 0.5) is 0 Å². The van der Waals surface area contributed by atoms with Crippen LogP contribution in [0.1, 0.15) is 49.4 Å². The van der Waals surface area contributed by atoms with E-state index < -0.39 is 0 Å². The highest BCUT2D eigenvalue weighted by atomic mass is 35.5. The number of nitrogens with zero attached hydrogens (tertiary/aromatic N) is 1. The summed E-state index contributed by atoms with van der Waals surface area (Å²) in [6.45, 7) is 3.05. The normalized spacial score (nSPS) is 27.4. The first-order chi connectivity index (χ1) is 10.1. The molecule has 1 saturated heterocycles. The molecule has 3 rings (SSSR count). The van der Waals surface area contributed by atoms with Gasteiger partial charge in [0.05, 0.1) is 11.1 Å². The number of rotatable bonds is 3. The lowest BCUT2D eigenvalue weighted by Gasteiger charge is -2.41. The van der Waals surface area contributed by atoms with Gasteiger partial charge in [-0.15, -0.1) is 0 Å². The molecule has 21 heavy (non-hydrogen) atoms. The average molecular weight is 326 g/mol. The van der Waals surface area contributed by atoms with Crippen LogP contribution in [0, 0.1) is 5.92 Å². The molecule has 3 atom stereocenters. The Morgan fingerprint density at radius 2 is 2.00 bits per heavy atom. The van der Waals surface area contributed by atoms with Gasteiger partial charge in [-0.25, -0.2) is 0 Å². The lowest BCUT2D eigenvalue weighted by atomic mass is 9.89. The molecule has 0 N–H and O–H groups in total. The Hall–Kier alpha value is -0.570. The SMILES string of the molecule is CC(C(=O)c1ccc(Cl)cc1Cl)N1CCCC2CCCC21. The number of likely N-dealkylation sites (tertiary alicyclic amines) is 1. The van der Waals surface area contributed by atoms with Crippen molar-refractivity contribution in [2.24, 2.45) is 5.92 Å². The number of halogens is 2. The lowest BCUT2D eigenvalue weighted by Crippen LogP contribution is -2.50. The van der Waals surface area contributed by atoms with E-state index in [-0.39, 0.29) is 11.8 Å². The van der Waals surface area contributed by atoms with Gasteiger partial charge in [0, 0.05) is 16.6 Å². The predicted molar refractivity (Wildman–Crippen MR) is 87.3 cm³/mol. The zero-order chi connectivity index (χ0) is 15.0. The fourth-order valence-electron chi connectivity index (χ4n) is 4.04. The first-order valence-corrected chi connectivity index (χ1v) is 8.58. The summed E-state index contributed by atoms with van der Waals surface area (Å²) in [5.41, 5.74) is 0.591. The molecule has 0 radical (unpaired) electrons. The molecule has 0 aromatic heterocycles. The summed E-state index contributed by atoms with van der Waals surface area (Å²) in [6.07, 6.45) is 6.38. The highest BCUT2D eigenvalue weighted by Crippen LogP contribution is 2.38. The van der Waals surface area contributed by atoms with E-state index in [2.05, 4.69) is 4.90 Å². The highest BCUT2D eigenvalue weighted by Gasteiger charge is 2.39. The second-order valence-electron chi connectivity index (χ2n) is 6.30. The Balaban J connectivity index is 1.80. The first-order valence-electron chi connectivity index (χ1n) is 7.83. The second-order valence-corrected chi connectivity index (χ2v) is 7.15. The van der Waals surface area contributed by atoms with Crippen molar-refractivity contribution in [2.45, 2.75) is 51.1 Å². The summed E-state index contributed by atoms with van der Waals surface area (Å²) >= 11 is 12.1. The highest BCUT2D eigenvalue weighted by molar-refractivity contribution is 6.37. The van der Waals surface area contributed by atoms with Crippen molar-refractivity contribution in [1.82, 2.24) is 4.90 Å². The van der Waals surface area contributed by atoms with Crippen LogP contribution >= 0.6 is 23.2 Å². The molecule has 0 spiro atoms. The third-order valence-corrected chi connectivity index (χ3v) is 5.66. The zero-order valence-electron chi connectivity index (χ0n) is 12.3. The van der Waals surface area contributed by atoms with Gasteiger partial charge in [-0.3, -0.25) is 9.69 Å². The number of carbonyl (C=O) groups excluding carboxylic acids is 1. The van der Waals surface area contributed by atoms with Crippen LogP contribution in [0.5, 0.6) is 0 Å². The molecule has 2 fully saturated rings. The van der Waals surface area contributed by atoms with Crippen LogP contribution < -0.4 is 0 Å². The minimum absolute atomic E-state index is 0.102. The monoisotopic (exact) mass is 325 g/mol. The van der Waals surface area contributed by atoms with Gasteiger partial charge in [-0.2, -0.15) is 0 Å². The van der Waals surface area contributed by atoms with E-state index in [1.54, 1.807) is 18.2 Å². The van der Waals surface area contributed by atoms with E-state index in [9.17, 15) is 4.79 Å². The summed E-state index contributed by atoms with van der Waals surface area (Å²) in [5, 5.41) is 1.03. The molecule has 114 valence electrons. The minimum atomic E-state index is -0.102. The van der Waals surface area contributed by atoms with Gasteiger partial charge in [-0.1, -0.05) is 29.6 Å². The maximum Gasteiger partial charge on any atom is 0.181 e. The summed E-state index contributed by atoms with van der Waals surface area (Å²) in [4.78, 5) is 15.2. The van der Waals surface area contributed by atoms with E-state index in [1.807, 2.05) is 6.92 Å². The number of piperidine rings is 1. The van der Waals surface area contributed by atoms with Crippen molar-refractivity contribution in [3.63, 3.8) is 0 Å². The van der Waals surface area contributed by atoms with Gasteiger partial charge in [0.1, 0.15) is 0 Å². The molecule has 1 aromatic rings. The minimum Gasteiger partial charge on any atom is -0.292 e. The summed E-state index contributed by atoms with van der Waals surface area (Å²) in [5.74, 6) is 0.902. The molecule has 1 aliphatic heterocycles. The number of Topliss-reactive ketones (excluding diaryl/α,β-unsaturated/α-hetero) is 1. The van der Waals surface area contributed by atoms with Crippen LogP contribution in [-0.2, 0) is 0 Å². The van der Waals surface area contributed by atoms with Crippen molar-refractivity contribution in [3.8, 4) is 0 Å².